The number of halogens is 2. The van der Waals surface area contributed by atoms with E-state index in [1.165, 1.54) is 6.08 Å². The average molecular weight is 354 g/mol. The highest BCUT2D eigenvalue weighted by Crippen LogP contribution is 2.10. The van der Waals surface area contributed by atoms with Crippen LogP contribution in [0.3, 0.4) is 0 Å². The van der Waals surface area contributed by atoms with Crippen molar-refractivity contribution in [3.8, 4) is 0 Å². The molecule has 0 heterocycles. The van der Waals surface area contributed by atoms with Crippen LogP contribution in [0.1, 0.15) is 6.42 Å². The highest BCUT2D eigenvalue weighted by molar-refractivity contribution is 14.1. The van der Waals surface area contributed by atoms with E-state index in [9.17, 15) is 0 Å². The lowest BCUT2D eigenvalue weighted by Crippen LogP contribution is -1.94. The summed E-state index contributed by atoms with van der Waals surface area (Å²) in [5, 5.41) is 16.7. The smallest absolute Gasteiger partial charge is 0.270 e. The van der Waals surface area contributed by atoms with Gasteiger partial charge in [-0.25, -0.2) is 0 Å². The maximum absolute atomic E-state index is 8.36. The number of alkyl halides is 2. The highest BCUT2D eigenvalue weighted by atomic mass is 127. The highest BCUT2D eigenvalue weighted by Gasteiger charge is 1.98. The second-order valence-corrected chi connectivity index (χ2v) is 4.20. The molecule has 2 nitrogen and oxygen atoms in total. The number of hydrogen-bond acceptors (Lipinski definition) is 2. The third kappa shape index (κ3) is 6.69. The van der Waals surface area contributed by atoms with Crippen molar-refractivity contribution in [3.63, 3.8) is 0 Å². The molecule has 1 atom stereocenters. The topological polar surface area (TPSA) is 40.5 Å². The van der Waals surface area contributed by atoms with Crippen LogP contribution in [0.2, 0.25) is 0 Å². The van der Waals surface area contributed by atoms with Gasteiger partial charge < -0.3 is 10.2 Å². The molecule has 0 fully saturated rings. The van der Waals surface area contributed by atoms with E-state index in [2.05, 4.69) is 45.2 Å². The summed E-state index contributed by atoms with van der Waals surface area (Å²) in [6.07, 6.45) is 2.41. The molecule has 54 valence electrons. The largest absolute Gasteiger partial charge is 0.481 e. The fourth-order valence-electron chi connectivity index (χ4n) is 0.349. The first kappa shape index (κ1) is 9.80. The summed E-state index contributed by atoms with van der Waals surface area (Å²) in [6, 6.07) is 0. The molecule has 0 saturated heterocycles. The van der Waals surface area contributed by atoms with Gasteiger partial charge in [-0.05, 0) is 6.42 Å². The summed E-state index contributed by atoms with van der Waals surface area (Å²) in [4.78, 5) is 0. The number of rotatable bonds is 3. The van der Waals surface area contributed by atoms with Crippen LogP contribution in [0.25, 0.3) is 0 Å². The predicted octanol–water partition coefficient (Wildman–Crippen LogP) is 2.57. The molecule has 0 aromatic carbocycles. The van der Waals surface area contributed by atoms with E-state index in [1.54, 1.807) is 0 Å². The van der Waals surface area contributed by atoms with Gasteiger partial charge in [-0.15, -0.1) is 0 Å². The van der Waals surface area contributed by atoms with E-state index in [-0.39, 0.29) is 3.92 Å². The van der Waals surface area contributed by atoms with Crippen molar-refractivity contribution in [2.75, 3.05) is 4.43 Å². The quantitative estimate of drug-likeness (QED) is 0.465. The first-order valence-electron chi connectivity index (χ1n) is 2.46. The van der Waals surface area contributed by atoms with Crippen molar-refractivity contribution in [2.45, 2.75) is 10.3 Å². The Balaban J connectivity index is 3.49. The van der Waals surface area contributed by atoms with Gasteiger partial charge in [0.25, 0.3) is 5.95 Å². The zero-order chi connectivity index (χ0) is 7.28. The van der Waals surface area contributed by atoms with E-state index in [0.29, 0.717) is 0 Å². The van der Waals surface area contributed by atoms with E-state index < -0.39 is 5.95 Å². The fourth-order valence-corrected chi connectivity index (χ4v) is 2.85. The van der Waals surface area contributed by atoms with Crippen molar-refractivity contribution in [2.24, 2.45) is 0 Å². The first-order valence-corrected chi connectivity index (χ1v) is 5.23. The molecular formula is C5H8I2O2. The Bertz CT molecular complexity index is 99.1. The van der Waals surface area contributed by atoms with Crippen molar-refractivity contribution in [1.29, 1.82) is 0 Å². The normalized spacial score (nSPS) is 12.7. The van der Waals surface area contributed by atoms with Gasteiger partial charge >= 0.3 is 0 Å². The minimum atomic E-state index is -0.570. The first-order chi connectivity index (χ1) is 4.16. The Kier molecular flexibility index (Phi) is 6.07. The van der Waals surface area contributed by atoms with Gasteiger partial charge in [0.15, 0.2) is 0 Å². The summed E-state index contributed by atoms with van der Waals surface area (Å²) in [6.45, 7) is 0. The molecule has 0 aliphatic heterocycles. The Morgan fingerprint density at radius 3 is 2.44 bits per heavy atom. The number of aliphatic hydroxyl groups excluding tert-OH is 1. The Morgan fingerprint density at radius 2 is 2.11 bits per heavy atom. The van der Waals surface area contributed by atoms with E-state index >= 15 is 0 Å². The predicted molar refractivity (Wildman–Crippen MR) is 54.7 cm³/mol. The standard InChI is InChI=1S/C5H8I2O2/c6-2-1-4(7)3-5(8)9/h3-4,8-9H,1-2H2. The molecule has 0 bridgehead atoms. The zero-order valence-corrected chi connectivity index (χ0v) is 9.03. The van der Waals surface area contributed by atoms with Crippen molar-refractivity contribution in [1.82, 2.24) is 0 Å². The molecule has 0 aromatic rings. The summed E-state index contributed by atoms with van der Waals surface area (Å²) in [5.41, 5.74) is 0. The number of allylic oxidation sites excluding steroid dienone is 1. The van der Waals surface area contributed by atoms with Crippen LogP contribution in [0.4, 0.5) is 0 Å². The molecule has 4 heteroatoms. The van der Waals surface area contributed by atoms with Gasteiger partial charge in [0.2, 0.25) is 0 Å². The maximum Gasteiger partial charge on any atom is 0.270 e. The minimum absolute atomic E-state index is 0.240. The monoisotopic (exact) mass is 354 g/mol. The van der Waals surface area contributed by atoms with Crippen LogP contribution in [0, 0.1) is 0 Å². The van der Waals surface area contributed by atoms with Crippen LogP contribution < -0.4 is 0 Å². The molecule has 2 N–H and O–H groups in total. The zero-order valence-electron chi connectivity index (χ0n) is 4.72. The maximum atomic E-state index is 8.36. The third-order valence-electron chi connectivity index (χ3n) is 0.715. The Morgan fingerprint density at radius 1 is 1.56 bits per heavy atom. The van der Waals surface area contributed by atoms with Crippen molar-refractivity contribution in [3.05, 3.63) is 12.0 Å². The summed E-state index contributed by atoms with van der Waals surface area (Å²) >= 11 is 4.41. The minimum Gasteiger partial charge on any atom is -0.481 e. The molecular weight excluding hydrogens is 346 g/mol. The van der Waals surface area contributed by atoms with Crippen LogP contribution >= 0.6 is 45.2 Å². The number of aliphatic hydroxyl groups is 2. The molecule has 0 amide bonds. The third-order valence-corrected chi connectivity index (χ3v) is 2.32. The van der Waals surface area contributed by atoms with E-state index in [0.717, 1.165) is 10.8 Å². The Hall–Kier alpha value is 0.800. The second-order valence-electron chi connectivity index (χ2n) is 1.52. The van der Waals surface area contributed by atoms with Gasteiger partial charge in [0.05, 0.1) is 0 Å². The van der Waals surface area contributed by atoms with E-state index in [1.807, 2.05) is 0 Å². The molecule has 0 saturated carbocycles. The Labute approximate surface area is 81.6 Å². The lowest BCUT2D eigenvalue weighted by Gasteiger charge is -1.98. The number of hydrogen-bond donors (Lipinski definition) is 2. The molecule has 0 aliphatic rings. The van der Waals surface area contributed by atoms with Gasteiger partial charge in [-0.2, -0.15) is 0 Å². The fraction of sp³-hybridized carbons (Fsp3) is 0.600. The molecule has 9 heavy (non-hydrogen) atoms. The van der Waals surface area contributed by atoms with Gasteiger partial charge in [-0.3, -0.25) is 0 Å². The molecule has 1 unspecified atom stereocenters. The van der Waals surface area contributed by atoms with Crippen LogP contribution in [-0.4, -0.2) is 18.6 Å². The second kappa shape index (κ2) is 5.57. The average Bonchev–Trinajstić information content (AvgIpc) is 1.63. The van der Waals surface area contributed by atoms with Gasteiger partial charge in [0, 0.05) is 14.4 Å². The van der Waals surface area contributed by atoms with Crippen LogP contribution in [-0.2, 0) is 0 Å². The van der Waals surface area contributed by atoms with E-state index in [4.69, 9.17) is 10.2 Å². The molecule has 0 radical (unpaired) electrons. The summed E-state index contributed by atoms with van der Waals surface area (Å²) in [5.74, 6) is -0.570. The SMILES string of the molecule is OC(O)=CC(I)CCI. The van der Waals surface area contributed by atoms with Gasteiger partial charge in [0.1, 0.15) is 0 Å². The van der Waals surface area contributed by atoms with Crippen molar-refractivity contribution >= 4 is 45.2 Å². The lowest BCUT2D eigenvalue weighted by atomic mass is 10.3. The van der Waals surface area contributed by atoms with Crippen molar-refractivity contribution < 1.29 is 10.2 Å². The molecule has 0 aliphatic carbocycles. The lowest BCUT2D eigenvalue weighted by molar-refractivity contribution is 0.189. The summed E-state index contributed by atoms with van der Waals surface area (Å²) in [7, 11) is 0. The van der Waals surface area contributed by atoms with Gasteiger partial charge in [-0.1, -0.05) is 45.2 Å². The molecule has 0 spiro atoms. The van der Waals surface area contributed by atoms with Crippen LogP contribution in [0.15, 0.2) is 12.0 Å². The molecule has 0 aromatic heterocycles. The summed E-state index contributed by atoms with van der Waals surface area (Å²) < 4.78 is 1.28. The van der Waals surface area contributed by atoms with Crippen LogP contribution in [0.5, 0.6) is 0 Å². The molecule has 0 rings (SSSR count).